The number of carbonyl (C=O) groups excluding carboxylic acids is 1. The Balaban J connectivity index is 1.82. The first-order valence-corrected chi connectivity index (χ1v) is 10.5. The third-order valence-corrected chi connectivity index (χ3v) is 5.57. The Hall–Kier alpha value is -4.32. The monoisotopic (exact) mass is 440 g/mol. The smallest absolute Gasteiger partial charge is 0.340 e. The van der Waals surface area contributed by atoms with E-state index < -0.39 is 11.6 Å². The summed E-state index contributed by atoms with van der Waals surface area (Å²) < 4.78 is 7.76. The van der Waals surface area contributed by atoms with Crippen molar-refractivity contribution in [3.05, 3.63) is 106 Å². The first-order valence-electron chi connectivity index (χ1n) is 10.5. The van der Waals surface area contributed by atoms with E-state index in [1.54, 1.807) is 24.4 Å². The lowest BCUT2D eigenvalue weighted by Gasteiger charge is -2.07. The molecule has 0 fully saturated rings. The molecule has 3 aromatic carbocycles. The molecule has 1 heterocycles. The number of ether oxygens (including phenoxy) is 1. The van der Waals surface area contributed by atoms with Gasteiger partial charge in [0.1, 0.15) is 0 Å². The van der Waals surface area contributed by atoms with Gasteiger partial charge in [-0.05, 0) is 66.9 Å². The maximum Gasteiger partial charge on any atom is 0.340 e. The summed E-state index contributed by atoms with van der Waals surface area (Å²) >= 11 is 0. The van der Waals surface area contributed by atoms with E-state index in [0.717, 1.165) is 16.7 Å². The largest absolute Gasteiger partial charge is 0.504 e. The molecule has 1 N–H and O–H groups in total. The highest BCUT2D eigenvalue weighted by atomic mass is 16.5. The molecule has 0 bridgehead atoms. The average molecular weight is 440 g/mol. The zero-order valence-corrected chi connectivity index (χ0v) is 18.6. The molecular formula is C27H24N2O4. The summed E-state index contributed by atoms with van der Waals surface area (Å²) in [6.07, 6.45) is 4.62. The van der Waals surface area contributed by atoms with Crippen LogP contribution in [0.25, 0.3) is 23.0 Å². The summed E-state index contributed by atoms with van der Waals surface area (Å²) in [6, 6.07) is 19.8. The minimum absolute atomic E-state index is 0.00848. The van der Waals surface area contributed by atoms with Gasteiger partial charge in [-0.3, -0.25) is 9.36 Å². The molecule has 4 aromatic rings. The molecule has 0 saturated heterocycles. The topological polar surface area (TPSA) is 73.5 Å². The van der Waals surface area contributed by atoms with E-state index in [2.05, 4.69) is 0 Å². The van der Waals surface area contributed by atoms with Gasteiger partial charge in [-0.15, -0.1) is 0 Å². The molecule has 6 nitrogen and oxygen atoms in total. The van der Waals surface area contributed by atoms with Gasteiger partial charge in [0.2, 0.25) is 0 Å². The summed E-state index contributed by atoms with van der Waals surface area (Å²) in [6.45, 7) is 4.01. The van der Waals surface area contributed by atoms with E-state index in [9.17, 15) is 14.7 Å². The second-order valence-corrected chi connectivity index (χ2v) is 7.74. The highest BCUT2D eigenvalue weighted by Crippen LogP contribution is 2.27. The average Bonchev–Trinajstić information content (AvgIpc) is 3.17. The second kappa shape index (κ2) is 9.04. The van der Waals surface area contributed by atoms with Crippen LogP contribution in [-0.2, 0) is 0 Å². The maximum atomic E-state index is 13.3. The van der Waals surface area contributed by atoms with Crippen molar-refractivity contribution in [1.82, 2.24) is 9.13 Å². The number of hydrogen-bond acceptors (Lipinski definition) is 4. The highest BCUT2D eigenvalue weighted by molar-refractivity contribution is 5.96. The third-order valence-electron chi connectivity index (χ3n) is 5.57. The summed E-state index contributed by atoms with van der Waals surface area (Å²) in [5.74, 6) is -0.170. The first-order chi connectivity index (χ1) is 15.9. The molecule has 0 spiro atoms. The number of methoxy groups -OCH3 is 1. The molecule has 0 aliphatic rings. The minimum atomic E-state index is -0.477. The van der Waals surface area contributed by atoms with Crippen molar-refractivity contribution in [3.63, 3.8) is 0 Å². The van der Waals surface area contributed by atoms with E-state index in [4.69, 9.17) is 4.74 Å². The molecule has 6 heteroatoms. The number of aromatic hydroxyl groups is 1. The van der Waals surface area contributed by atoms with Crippen molar-refractivity contribution in [2.24, 2.45) is 0 Å². The van der Waals surface area contributed by atoms with Gasteiger partial charge in [0, 0.05) is 17.8 Å². The van der Waals surface area contributed by atoms with Crippen molar-refractivity contribution in [2.75, 3.05) is 7.11 Å². The van der Waals surface area contributed by atoms with Gasteiger partial charge in [0.25, 0.3) is 5.91 Å². The molecule has 33 heavy (non-hydrogen) atoms. The number of phenolic OH excluding ortho intramolecular Hbond substituents is 1. The van der Waals surface area contributed by atoms with Gasteiger partial charge in [-0.2, -0.15) is 0 Å². The normalized spacial score (nSPS) is 11.1. The Kier molecular flexibility index (Phi) is 6.00. The molecule has 0 aliphatic carbocycles. The lowest BCUT2D eigenvalue weighted by molar-refractivity contribution is 0.0967. The summed E-state index contributed by atoms with van der Waals surface area (Å²) in [7, 11) is 1.45. The van der Waals surface area contributed by atoms with Gasteiger partial charge in [0.15, 0.2) is 11.5 Å². The number of allylic oxidation sites excluding steroid dienone is 1. The van der Waals surface area contributed by atoms with Crippen LogP contribution in [0, 0.1) is 13.8 Å². The Bertz CT molecular complexity index is 1410. The van der Waals surface area contributed by atoms with E-state index in [1.165, 1.54) is 28.4 Å². The fourth-order valence-corrected chi connectivity index (χ4v) is 3.58. The molecule has 0 atom stereocenters. The van der Waals surface area contributed by atoms with Crippen LogP contribution in [0.2, 0.25) is 0 Å². The molecule has 0 radical (unpaired) electrons. The van der Waals surface area contributed by atoms with Crippen molar-refractivity contribution in [1.29, 1.82) is 0 Å². The number of nitrogens with zero attached hydrogens (tertiary/aromatic N) is 2. The van der Waals surface area contributed by atoms with Crippen LogP contribution >= 0.6 is 0 Å². The molecule has 0 unspecified atom stereocenters. The molecule has 4 rings (SSSR count). The number of aryl methyl sites for hydroxylation is 2. The molecule has 166 valence electrons. The number of imidazole rings is 1. The zero-order valence-electron chi connectivity index (χ0n) is 18.6. The third kappa shape index (κ3) is 4.36. The number of rotatable bonds is 5. The van der Waals surface area contributed by atoms with E-state index >= 15 is 0 Å². The van der Waals surface area contributed by atoms with Gasteiger partial charge in [0.05, 0.1) is 18.5 Å². The van der Waals surface area contributed by atoms with Gasteiger partial charge < -0.3 is 9.84 Å². The van der Waals surface area contributed by atoms with Crippen LogP contribution in [0.4, 0.5) is 0 Å². The first kappa shape index (κ1) is 21.9. The molecule has 0 saturated carbocycles. The number of aromatic nitrogens is 2. The molecule has 0 aliphatic heterocycles. The van der Waals surface area contributed by atoms with Crippen LogP contribution < -0.4 is 10.4 Å². The lowest BCUT2D eigenvalue weighted by Crippen LogP contribution is -2.27. The van der Waals surface area contributed by atoms with Crippen LogP contribution in [0.5, 0.6) is 11.5 Å². The van der Waals surface area contributed by atoms with Crippen LogP contribution in [0.15, 0.2) is 83.8 Å². The molecule has 1 aromatic heterocycles. The predicted molar refractivity (Wildman–Crippen MR) is 129 cm³/mol. The van der Waals surface area contributed by atoms with Gasteiger partial charge in [-0.25, -0.2) is 9.36 Å². The minimum Gasteiger partial charge on any atom is -0.504 e. The second-order valence-electron chi connectivity index (χ2n) is 7.74. The SMILES string of the molecule is COc1cc(C=CC(=O)n2c(-c3ccc(C)c(C)c3)cn(-c3ccccc3)c2=O)ccc1O. The van der Waals surface area contributed by atoms with Gasteiger partial charge in [-0.1, -0.05) is 36.4 Å². The number of para-hydroxylation sites is 1. The van der Waals surface area contributed by atoms with E-state index in [1.807, 2.05) is 62.4 Å². The Labute approximate surface area is 191 Å². The zero-order chi connectivity index (χ0) is 23.5. The van der Waals surface area contributed by atoms with E-state index in [0.29, 0.717) is 22.7 Å². The molecular weight excluding hydrogens is 416 g/mol. The number of hydrogen-bond donors (Lipinski definition) is 1. The van der Waals surface area contributed by atoms with Crippen molar-refractivity contribution in [3.8, 4) is 28.4 Å². The lowest BCUT2D eigenvalue weighted by atomic mass is 10.0. The summed E-state index contributed by atoms with van der Waals surface area (Å²) in [4.78, 5) is 26.6. The molecule has 0 amide bonds. The summed E-state index contributed by atoms with van der Waals surface area (Å²) in [5, 5.41) is 9.78. The van der Waals surface area contributed by atoms with Crippen molar-refractivity contribution < 1.29 is 14.6 Å². The quantitative estimate of drug-likeness (QED) is 0.444. The van der Waals surface area contributed by atoms with Crippen LogP contribution in [0.3, 0.4) is 0 Å². The van der Waals surface area contributed by atoms with Gasteiger partial charge >= 0.3 is 5.69 Å². The summed E-state index contributed by atoms with van der Waals surface area (Å²) in [5.41, 5.74) is 4.35. The predicted octanol–water partition coefficient (Wildman–Crippen LogP) is 4.99. The van der Waals surface area contributed by atoms with Crippen molar-refractivity contribution >= 4 is 12.0 Å². The van der Waals surface area contributed by atoms with Crippen LogP contribution in [0.1, 0.15) is 21.5 Å². The maximum absolute atomic E-state index is 13.3. The number of benzene rings is 3. The number of phenols is 1. The fourth-order valence-electron chi connectivity index (χ4n) is 3.58. The van der Waals surface area contributed by atoms with E-state index in [-0.39, 0.29) is 5.75 Å². The Morgan fingerprint density at radius 1 is 0.970 bits per heavy atom. The Morgan fingerprint density at radius 2 is 1.73 bits per heavy atom. The van der Waals surface area contributed by atoms with Crippen LogP contribution in [-0.4, -0.2) is 27.3 Å². The standard InChI is InChI=1S/C27H24N2O4/c1-18-9-12-21(15-19(18)2)23-17-28(22-7-5-4-6-8-22)27(32)29(23)26(31)14-11-20-10-13-24(30)25(16-20)33-3/h4-17,30H,1-3H3. The fraction of sp³-hybridized carbons (Fsp3) is 0.111. The highest BCUT2D eigenvalue weighted by Gasteiger charge is 2.18. The Morgan fingerprint density at radius 3 is 2.42 bits per heavy atom. The number of carbonyl (C=O) groups is 1. The van der Waals surface area contributed by atoms with Crippen molar-refractivity contribution in [2.45, 2.75) is 13.8 Å².